The van der Waals surface area contributed by atoms with Crippen LogP contribution in [0.5, 0.6) is 0 Å². The van der Waals surface area contributed by atoms with Crippen LogP contribution in [0.1, 0.15) is 38.5 Å². The van der Waals surface area contributed by atoms with E-state index in [0.29, 0.717) is 11.0 Å². The Hall–Kier alpha value is -0.0400. The Morgan fingerprint density at radius 1 is 0.900 bits per heavy atom. The van der Waals surface area contributed by atoms with E-state index in [1.54, 1.807) is 0 Å². The fourth-order valence-electron chi connectivity index (χ4n) is 3.05. The van der Waals surface area contributed by atoms with Crippen LogP contribution < -0.4 is 0 Å². The van der Waals surface area contributed by atoms with Gasteiger partial charge in [0.1, 0.15) is 0 Å². The maximum atomic E-state index is 5.57. The molecule has 3 aliphatic rings. The zero-order chi connectivity index (χ0) is 6.66. The van der Waals surface area contributed by atoms with Crippen LogP contribution in [0.25, 0.3) is 0 Å². The number of fused-ring (bicyclic) bond motifs is 1. The first-order chi connectivity index (χ1) is 4.87. The molecule has 1 heterocycles. The highest BCUT2D eigenvalue weighted by Gasteiger charge is 2.67. The third-order valence-corrected chi connectivity index (χ3v) is 4.03. The van der Waals surface area contributed by atoms with Crippen LogP contribution >= 0.6 is 0 Å². The van der Waals surface area contributed by atoms with Gasteiger partial charge < -0.3 is 4.74 Å². The van der Waals surface area contributed by atoms with E-state index in [0.717, 1.165) is 6.61 Å². The number of hydrogen-bond acceptors (Lipinski definition) is 1. The van der Waals surface area contributed by atoms with Crippen molar-refractivity contribution in [1.82, 2.24) is 0 Å². The van der Waals surface area contributed by atoms with Gasteiger partial charge in [0.2, 0.25) is 0 Å². The lowest BCUT2D eigenvalue weighted by Crippen LogP contribution is -2.46. The molecule has 0 radical (unpaired) electrons. The molecule has 10 heavy (non-hydrogen) atoms. The van der Waals surface area contributed by atoms with Crippen molar-refractivity contribution in [3.05, 3.63) is 0 Å². The maximum absolute atomic E-state index is 5.57. The lowest BCUT2D eigenvalue weighted by atomic mass is 9.59. The van der Waals surface area contributed by atoms with Crippen molar-refractivity contribution in [1.29, 1.82) is 0 Å². The Labute approximate surface area is 61.8 Å². The van der Waals surface area contributed by atoms with Gasteiger partial charge in [0, 0.05) is 5.41 Å². The molecule has 3 fully saturated rings. The molecule has 1 saturated heterocycles. The SMILES string of the molecule is C1CCC2(C1)CCC21CO1. The number of hydrogen-bond donors (Lipinski definition) is 0. The van der Waals surface area contributed by atoms with Crippen LogP contribution in [0.2, 0.25) is 0 Å². The molecule has 1 unspecified atom stereocenters. The van der Waals surface area contributed by atoms with E-state index in [1.165, 1.54) is 38.5 Å². The van der Waals surface area contributed by atoms with Crippen molar-refractivity contribution < 1.29 is 4.74 Å². The predicted molar refractivity (Wildman–Crippen MR) is 38.8 cm³/mol. The summed E-state index contributed by atoms with van der Waals surface area (Å²) in [4.78, 5) is 0. The van der Waals surface area contributed by atoms with Crippen LogP contribution in [0, 0.1) is 5.41 Å². The summed E-state index contributed by atoms with van der Waals surface area (Å²) in [6, 6.07) is 0. The van der Waals surface area contributed by atoms with Crippen LogP contribution in [0.4, 0.5) is 0 Å². The van der Waals surface area contributed by atoms with Gasteiger partial charge in [-0.15, -0.1) is 0 Å². The molecule has 2 saturated carbocycles. The summed E-state index contributed by atoms with van der Waals surface area (Å²) < 4.78 is 5.57. The summed E-state index contributed by atoms with van der Waals surface area (Å²) in [5, 5.41) is 0. The lowest BCUT2D eigenvalue weighted by molar-refractivity contribution is -0.00100. The average molecular weight is 138 g/mol. The highest BCUT2D eigenvalue weighted by atomic mass is 16.6. The molecule has 56 valence electrons. The van der Waals surface area contributed by atoms with Gasteiger partial charge in [-0.25, -0.2) is 0 Å². The summed E-state index contributed by atoms with van der Waals surface area (Å²) in [5.41, 5.74) is 1.15. The van der Waals surface area contributed by atoms with Crippen molar-refractivity contribution in [3.8, 4) is 0 Å². The lowest BCUT2D eigenvalue weighted by Gasteiger charge is -2.45. The Morgan fingerprint density at radius 3 is 2.00 bits per heavy atom. The molecule has 3 rings (SSSR count). The molecule has 1 atom stereocenters. The molecule has 1 aliphatic heterocycles. The van der Waals surface area contributed by atoms with Gasteiger partial charge in [-0.1, -0.05) is 12.8 Å². The standard InChI is InChI=1S/C9H14O/c1-2-4-8(3-1)5-6-9(8)7-10-9/h1-7H2. The summed E-state index contributed by atoms with van der Waals surface area (Å²) in [6.45, 7) is 1.09. The zero-order valence-corrected chi connectivity index (χ0v) is 6.36. The summed E-state index contributed by atoms with van der Waals surface area (Å²) >= 11 is 0. The van der Waals surface area contributed by atoms with Crippen molar-refractivity contribution in [2.75, 3.05) is 6.61 Å². The minimum absolute atomic E-state index is 0.448. The molecule has 2 aliphatic carbocycles. The highest BCUT2D eigenvalue weighted by molar-refractivity contribution is 5.17. The van der Waals surface area contributed by atoms with E-state index < -0.39 is 0 Å². The van der Waals surface area contributed by atoms with Crippen molar-refractivity contribution in [2.24, 2.45) is 5.41 Å². The topological polar surface area (TPSA) is 12.5 Å². The second-order valence-corrected chi connectivity index (χ2v) is 4.27. The fraction of sp³-hybridized carbons (Fsp3) is 1.00. The molecule has 0 bridgehead atoms. The van der Waals surface area contributed by atoms with E-state index in [2.05, 4.69) is 0 Å². The van der Waals surface area contributed by atoms with Crippen LogP contribution in [0.3, 0.4) is 0 Å². The molecule has 0 aromatic rings. The Bertz CT molecular complexity index is 164. The first-order valence-corrected chi connectivity index (χ1v) is 4.51. The van der Waals surface area contributed by atoms with E-state index in [4.69, 9.17) is 4.74 Å². The molecule has 2 spiro atoms. The predicted octanol–water partition coefficient (Wildman–Crippen LogP) is 2.11. The van der Waals surface area contributed by atoms with E-state index in [9.17, 15) is 0 Å². The first-order valence-electron chi connectivity index (χ1n) is 4.51. The molecule has 0 amide bonds. The number of epoxide rings is 1. The monoisotopic (exact) mass is 138 g/mol. The largest absolute Gasteiger partial charge is 0.369 e. The second-order valence-electron chi connectivity index (χ2n) is 4.27. The van der Waals surface area contributed by atoms with Crippen molar-refractivity contribution >= 4 is 0 Å². The minimum Gasteiger partial charge on any atom is -0.369 e. The van der Waals surface area contributed by atoms with Gasteiger partial charge in [0.15, 0.2) is 0 Å². The molecule has 0 N–H and O–H groups in total. The van der Waals surface area contributed by atoms with Gasteiger partial charge in [0.25, 0.3) is 0 Å². The maximum Gasteiger partial charge on any atom is 0.0972 e. The molecule has 1 heteroatoms. The summed E-state index contributed by atoms with van der Waals surface area (Å²) in [5.74, 6) is 0. The summed E-state index contributed by atoms with van der Waals surface area (Å²) in [6.07, 6.45) is 8.69. The molecular formula is C9H14O. The Kier molecular flexibility index (Phi) is 0.797. The minimum atomic E-state index is 0.448. The average Bonchev–Trinajstić information content (AvgIpc) is 2.62. The molecule has 0 aromatic carbocycles. The van der Waals surface area contributed by atoms with E-state index in [-0.39, 0.29) is 0 Å². The molecular weight excluding hydrogens is 124 g/mol. The van der Waals surface area contributed by atoms with Crippen molar-refractivity contribution in [2.45, 2.75) is 44.1 Å². The van der Waals surface area contributed by atoms with Gasteiger partial charge >= 0.3 is 0 Å². The van der Waals surface area contributed by atoms with Gasteiger partial charge in [-0.2, -0.15) is 0 Å². The van der Waals surface area contributed by atoms with Crippen molar-refractivity contribution in [3.63, 3.8) is 0 Å². The third kappa shape index (κ3) is 0.430. The quantitative estimate of drug-likeness (QED) is 0.467. The molecule has 0 aromatic heterocycles. The normalized spacial score (nSPS) is 48.0. The first kappa shape index (κ1) is 5.59. The number of ether oxygens (including phenoxy) is 1. The van der Waals surface area contributed by atoms with Gasteiger partial charge in [-0.3, -0.25) is 0 Å². The number of rotatable bonds is 0. The second kappa shape index (κ2) is 1.42. The van der Waals surface area contributed by atoms with Crippen LogP contribution in [-0.2, 0) is 4.74 Å². The Balaban J connectivity index is 1.90. The van der Waals surface area contributed by atoms with Gasteiger partial charge in [0.05, 0.1) is 12.2 Å². The highest BCUT2D eigenvalue weighted by Crippen LogP contribution is 2.66. The zero-order valence-electron chi connectivity index (χ0n) is 6.36. The van der Waals surface area contributed by atoms with Gasteiger partial charge in [-0.05, 0) is 25.7 Å². The summed E-state index contributed by atoms with van der Waals surface area (Å²) in [7, 11) is 0. The van der Waals surface area contributed by atoms with E-state index >= 15 is 0 Å². The molecule has 1 nitrogen and oxygen atoms in total. The Morgan fingerprint density at radius 2 is 1.60 bits per heavy atom. The van der Waals surface area contributed by atoms with Crippen LogP contribution in [0.15, 0.2) is 0 Å². The van der Waals surface area contributed by atoms with Crippen LogP contribution in [-0.4, -0.2) is 12.2 Å². The third-order valence-electron chi connectivity index (χ3n) is 4.03. The fourth-order valence-corrected chi connectivity index (χ4v) is 3.05. The smallest absolute Gasteiger partial charge is 0.0972 e. The van der Waals surface area contributed by atoms with E-state index in [1.807, 2.05) is 0 Å².